The number of aryl methyl sites for hydroxylation is 1. The number of anilines is 1. The first-order valence-corrected chi connectivity index (χ1v) is 7.41. The third kappa shape index (κ3) is 2.51. The van der Waals surface area contributed by atoms with Crippen LogP contribution in [0.5, 0.6) is 5.75 Å². The van der Waals surface area contributed by atoms with Crippen LogP contribution < -0.4 is 5.32 Å². The van der Waals surface area contributed by atoms with Gasteiger partial charge in [-0.05, 0) is 55.9 Å². The Kier molecular flexibility index (Phi) is 3.64. The topological polar surface area (TPSA) is 32.3 Å². The molecule has 104 valence electrons. The van der Waals surface area contributed by atoms with Gasteiger partial charge in [-0.15, -0.1) is 0 Å². The molecule has 2 aromatic rings. The highest BCUT2D eigenvalue weighted by atomic mass is 16.3. The zero-order valence-electron chi connectivity index (χ0n) is 11.9. The molecule has 0 aliphatic heterocycles. The van der Waals surface area contributed by atoms with Gasteiger partial charge in [0.05, 0.1) is 6.04 Å². The van der Waals surface area contributed by atoms with Crippen LogP contribution in [0.4, 0.5) is 5.69 Å². The summed E-state index contributed by atoms with van der Waals surface area (Å²) in [5.74, 6) is 0.359. The summed E-state index contributed by atoms with van der Waals surface area (Å²) in [6, 6.07) is 14.2. The third-order valence-corrected chi connectivity index (χ3v) is 4.17. The number of nitrogens with one attached hydrogen (secondary N) is 1. The first kappa shape index (κ1) is 13.0. The zero-order chi connectivity index (χ0) is 13.9. The van der Waals surface area contributed by atoms with Gasteiger partial charge < -0.3 is 10.4 Å². The van der Waals surface area contributed by atoms with Gasteiger partial charge in [0.2, 0.25) is 0 Å². The Bertz CT molecular complexity index is 606. The Morgan fingerprint density at radius 3 is 2.65 bits per heavy atom. The highest BCUT2D eigenvalue weighted by Crippen LogP contribution is 2.32. The van der Waals surface area contributed by atoms with Crippen molar-refractivity contribution in [3.05, 3.63) is 59.2 Å². The number of hydrogen-bond donors (Lipinski definition) is 2. The summed E-state index contributed by atoms with van der Waals surface area (Å²) in [5, 5.41) is 13.5. The maximum absolute atomic E-state index is 9.96. The molecule has 0 aromatic heterocycles. The van der Waals surface area contributed by atoms with Crippen molar-refractivity contribution in [2.24, 2.45) is 0 Å². The predicted octanol–water partition coefficient (Wildman–Crippen LogP) is 4.44. The lowest BCUT2D eigenvalue weighted by atomic mass is 9.90. The molecular weight excluding hydrogens is 246 g/mol. The monoisotopic (exact) mass is 267 g/mol. The van der Waals surface area contributed by atoms with Crippen LogP contribution in [-0.2, 0) is 12.8 Å². The Hall–Kier alpha value is -1.96. The Morgan fingerprint density at radius 1 is 1.00 bits per heavy atom. The summed E-state index contributed by atoms with van der Waals surface area (Å²) in [7, 11) is 0. The standard InChI is InChI=1S/C18H21NO/c1-13(15-9-4-5-12-18(15)20)19-17-11-6-8-14-7-2-3-10-16(14)17/h4-6,8-9,11-13,19-20H,2-3,7,10H2,1H3. The van der Waals surface area contributed by atoms with Gasteiger partial charge in [0.15, 0.2) is 0 Å². The molecule has 20 heavy (non-hydrogen) atoms. The number of rotatable bonds is 3. The van der Waals surface area contributed by atoms with Crippen LogP contribution in [-0.4, -0.2) is 5.11 Å². The van der Waals surface area contributed by atoms with Crippen LogP contribution in [0.25, 0.3) is 0 Å². The van der Waals surface area contributed by atoms with Crippen molar-refractivity contribution in [2.75, 3.05) is 5.32 Å². The second-order valence-corrected chi connectivity index (χ2v) is 5.58. The van der Waals surface area contributed by atoms with Gasteiger partial charge in [0, 0.05) is 11.3 Å². The Balaban J connectivity index is 1.86. The van der Waals surface area contributed by atoms with E-state index in [0.29, 0.717) is 5.75 Å². The molecule has 3 rings (SSSR count). The van der Waals surface area contributed by atoms with E-state index < -0.39 is 0 Å². The summed E-state index contributed by atoms with van der Waals surface area (Å²) >= 11 is 0. The summed E-state index contributed by atoms with van der Waals surface area (Å²) < 4.78 is 0. The normalized spacial score (nSPS) is 15.4. The SMILES string of the molecule is CC(Nc1cccc2c1CCCC2)c1ccccc1O. The molecule has 2 aromatic carbocycles. The van der Waals surface area contributed by atoms with E-state index >= 15 is 0 Å². The molecule has 1 aliphatic rings. The van der Waals surface area contributed by atoms with Gasteiger partial charge in [-0.25, -0.2) is 0 Å². The van der Waals surface area contributed by atoms with E-state index in [-0.39, 0.29) is 6.04 Å². The van der Waals surface area contributed by atoms with Gasteiger partial charge in [-0.1, -0.05) is 30.3 Å². The Morgan fingerprint density at radius 2 is 1.80 bits per heavy atom. The highest BCUT2D eigenvalue weighted by Gasteiger charge is 2.15. The zero-order valence-corrected chi connectivity index (χ0v) is 11.9. The lowest BCUT2D eigenvalue weighted by molar-refractivity contribution is 0.465. The third-order valence-electron chi connectivity index (χ3n) is 4.17. The molecule has 1 unspecified atom stereocenters. The molecule has 0 radical (unpaired) electrons. The van der Waals surface area contributed by atoms with Crippen LogP contribution in [0.15, 0.2) is 42.5 Å². The van der Waals surface area contributed by atoms with Crippen LogP contribution in [0.3, 0.4) is 0 Å². The van der Waals surface area contributed by atoms with Crippen LogP contribution >= 0.6 is 0 Å². The number of hydrogen-bond acceptors (Lipinski definition) is 2. The van der Waals surface area contributed by atoms with Gasteiger partial charge >= 0.3 is 0 Å². The quantitative estimate of drug-likeness (QED) is 0.861. The first-order chi connectivity index (χ1) is 9.75. The van der Waals surface area contributed by atoms with Crippen molar-refractivity contribution in [3.8, 4) is 5.75 Å². The number of phenols is 1. The van der Waals surface area contributed by atoms with E-state index in [1.54, 1.807) is 6.07 Å². The van der Waals surface area contributed by atoms with Crippen molar-refractivity contribution >= 4 is 5.69 Å². The molecule has 0 saturated heterocycles. The molecule has 0 saturated carbocycles. The number of benzene rings is 2. The second kappa shape index (κ2) is 5.58. The van der Waals surface area contributed by atoms with Crippen molar-refractivity contribution in [1.29, 1.82) is 0 Å². The second-order valence-electron chi connectivity index (χ2n) is 5.58. The van der Waals surface area contributed by atoms with Gasteiger partial charge in [0.25, 0.3) is 0 Å². The van der Waals surface area contributed by atoms with E-state index in [4.69, 9.17) is 0 Å². The fraction of sp³-hybridized carbons (Fsp3) is 0.333. The van der Waals surface area contributed by atoms with Gasteiger partial charge in [0.1, 0.15) is 5.75 Å². The largest absolute Gasteiger partial charge is 0.508 e. The molecule has 0 bridgehead atoms. The molecule has 1 aliphatic carbocycles. The minimum absolute atomic E-state index is 0.102. The maximum Gasteiger partial charge on any atom is 0.120 e. The smallest absolute Gasteiger partial charge is 0.120 e. The molecule has 0 heterocycles. The first-order valence-electron chi connectivity index (χ1n) is 7.41. The molecule has 2 N–H and O–H groups in total. The summed E-state index contributed by atoms with van der Waals surface area (Å²) in [6.07, 6.45) is 4.92. The molecule has 0 amide bonds. The average Bonchev–Trinajstić information content (AvgIpc) is 2.48. The number of phenolic OH excluding ortho intramolecular Hbond substituents is 1. The van der Waals surface area contributed by atoms with Crippen molar-refractivity contribution in [1.82, 2.24) is 0 Å². The van der Waals surface area contributed by atoms with E-state index in [9.17, 15) is 5.11 Å². The maximum atomic E-state index is 9.96. The highest BCUT2D eigenvalue weighted by molar-refractivity contribution is 5.57. The fourth-order valence-corrected chi connectivity index (χ4v) is 3.08. The molecule has 0 spiro atoms. The lowest BCUT2D eigenvalue weighted by Crippen LogP contribution is -2.12. The fourth-order valence-electron chi connectivity index (χ4n) is 3.08. The van der Waals surface area contributed by atoms with Crippen LogP contribution in [0.2, 0.25) is 0 Å². The van der Waals surface area contributed by atoms with E-state index in [2.05, 4.69) is 30.4 Å². The predicted molar refractivity (Wildman–Crippen MR) is 83.2 cm³/mol. The van der Waals surface area contributed by atoms with Gasteiger partial charge in [-0.3, -0.25) is 0 Å². The van der Waals surface area contributed by atoms with Crippen LogP contribution in [0, 0.1) is 0 Å². The lowest BCUT2D eigenvalue weighted by Gasteiger charge is -2.23. The number of para-hydroxylation sites is 1. The minimum atomic E-state index is 0.102. The van der Waals surface area contributed by atoms with Crippen LogP contribution in [0.1, 0.15) is 42.5 Å². The summed E-state index contributed by atoms with van der Waals surface area (Å²) in [5.41, 5.74) is 5.10. The Labute approximate surface area is 120 Å². The van der Waals surface area contributed by atoms with E-state index in [1.807, 2.05) is 18.2 Å². The van der Waals surface area contributed by atoms with Gasteiger partial charge in [-0.2, -0.15) is 0 Å². The number of aromatic hydroxyl groups is 1. The molecule has 2 heteroatoms. The molecule has 0 fully saturated rings. The van der Waals surface area contributed by atoms with Crippen molar-refractivity contribution in [2.45, 2.75) is 38.6 Å². The van der Waals surface area contributed by atoms with Crippen molar-refractivity contribution in [3.63, 3.8) is 0 Å². The minimum Gasteiger partial charge on any atom is -0.508 e. The molecule has 2 nitrogen and oxygen atoms in total. The summed E-state index contributed by atoms with van der Waals surface area (Å²) in [6.45, 7) is 2.09. The molecule has 1 atom stereocenters. The van der Waals surface area contributed by atoms with Crippen molar-refractivity contribution < 1.29 is 5.11 Å². The molecular formula is C18H21NO. The van der Waals surface area contributed by atoms with E-state index in [0.717, 1.165) is 12.0 Å². The number of fused-ring (bicyclic) bond motifs is 1. The van der Waals surface area contributed by atoms with E-state index in [1.165, 1.54) is 36.1 Å². The summed E-state index contributed by atoms with van der Waals surface area (Å²) in [4.78, 5) is 0. The average molecular weight is 267 g/mol.